The zero-order valence-electron chi connectivity index (χ0n) is 13.8. The summed E-state index contributed by atoms with van der Waals surface area (Å²) < 4.78 is 17.5. The average Bonchev–Trinajstić information content (AvgIpc) is 3.22. The number of hydrogen-bond acceptors (Lipinski definition) is 4. The molecule has 2 aromatic carbocycles. The number of aromatic nitrogens is 2. The van der Waals surface area contributed by atoms with E-state index in [1.165, 1.54) is 17.5 Å². The molecule has 122 valence electrons. The molecule has 4 rings (SSSR count). The van der Waals surface area contributed by atoms with Crippen LogP contribution in [0.15, 0.2) is 47.0 Å². The van der Waals surface area contributed by atoms with Crippen molar-refractivity contribution >= 4 is 12.4 Å². The topological polar surface area (TPSA) is 56.0 Å². The number of aryl methyl sites for hydroxylation is 2. The summed E-state index contributed by atoms with van der Waals surface area (Å²) in [6, 6.07) is 13.9. The molecule has 24 heavy (non-hydrogen) atoms. The molecule has 0 radical (unpaired) electrons. The molecule has 0 fully saturated rings. The Kier molecular flexibility index (Phi) is 3.65. The van der Waals surface area contributed by atoms with Crippen molar-refractivity contribution in [2.24, 2.45) is 0 Å². The third-order valence-electron chi connectivity index (χ3n) is 4.52. The van der Waals surface area contributed by atoms with Crippen LogP contribution >= 0.6 is 7.14 Å². The second kappa shape index (κ2) is 5.71. The number of hydrogen-bond donors (Lipinski definition) is 0. The highest BCUT2D eigenvalue weighted by molar-refractivity contribution is 7.70. The van der Waals surface area contributed by atoms with E-state index in [1.54, 1.807) is 13.3 Å². The lowest BCUT2D eigenvalue weighted by Gasteiger charge is -2.06. The number of rotatable bonds is 3. The largest absolute Gasteiger partial charge is 0.334 e. The van der Waals surface area contributed by atoms with Gasteiger partial charge in [-0.25, -0.2) is 0 Å². The van der Waals surface area contributed by atoms with Crippen LogP contribution in [0.1, 0.15) is 17.5 Å². The van der Waals surface area contributed by atoms with E-state index in [9.17, 15) is 4.57 Å². The Bertz CT molecular complexity index is 938. The van der Waals surface area contributed by atoms with Crippen LogP contribution in [0.3, 0.4) is 0 Å². The van der Waals surface area contributed by atoms with Crippen molar-refractivity contribution in [2.45, 2.75) is 19.3 Å². The summed E-state index contributed by atoms with van der Waals surface area (Å²) in [7, 11) is -2.25. The average molecular weight is 338 g/mol. The van der Waals surface area contributed by atoms with E-state index < -0.39 is 7.14 Å². The maximum atomic E-state index is 12.1. The highest BCUT2D eigenvalue weighted by Gasteiger charge is 2.16. The van der Waals surface area contributed by atoms with Crippen molar-refractivity contribution in [1.82, 2.24) is 10.1 Å². The van der Waals surface area contributed by atoms with Crippen LogP contribution in [0.25, 0.3) is 22.8 Å². The summed E-state index contributed by atoms with van der Waals surface area (Å²) in [5, 5.41) is 4.97. The highest BCUT2D eigenvalue weighted by Crippen LogP contribution is 2.35. The van der Waals surface area contributed by atoms with Crippen molar-refractivity contribution in [3.8, 4) is 22.8 Å². The van der Waals surface area contributed by atoms with Crippen molar-refractivity contribution < 1.29 is 9.09 Å². The maximum absolute atomic E-state index is 12.1. The minimum atomic E-state index is -2.25. The molecule has 0 spiro atoms. The molecule has 0 bridgehead atoms. The summed E-state index contributed by atoms with van der Waals surface area (Å²) in [5.74, 6) is 1.10. The SMILES string of the molecule is CP(C)(=O)c1ccc(-c2nc(-c3ccc4c(c3)CCC4)no2)cc1. The van der Waals surface area contributed by atoms with Gasteiger partial charge in [0.1, 0.15) is 7.14 Å². The Morgan fingerprint density at radius 2 is 1.67 bits per heavy atom. The lowest BCUT2D eigenvalue weighted by molar-refractivity contribution is 0.432. The third kappa shape index (κ3) is 2.83. The molecule has 3 aromatic rings. The Labute approximate surface area is 141 Å². The smallest absolute Gasteiger partial charge is 0.258 e. The van der Waals surface area contributed by atoms with Crippen molar-refractivity contribution in [1.29, 1.82) is 0 Å². The van der Waals surface area contributed by atoms with E-state index in [4.69, 9.17) is 4.52 Å². The van der Waals surface area contributed by atoms with Gasteiger partial charge in [0, 0.05) is 16.4 Å². The van der Waals surface area contributed by atoms with Gasteiger partial charge in [0.05, 0.1) is 0 Å². The first kappa shape index (κ1) is 15.3. The fourth-order valence-electron chi connectivity index (χ4n) is 3.13. The van der Waals surface area contributed by atoms with Crippen molar-refractivity contribution in [3.63, 3.8) is 0 Å². The lowest BCUT2D eigenvalue weighted by atomic mass is 10.1. The molecule has 1 aliphatic carbocycles. The van der Waals surface area contributed by atoms with Gasteiger partial charge in [-0.2, -0.15) is 4.98 Å². The van der Waals surface area contributed by atoms with Gasteiger partial charge in [-0.1, -0.05) is 29.4 Å². The molecule has 0 atom stereocenters. The van der Waals surface area contributed by atoms with Gasteiger partial charge in [-0.3, -0.25) is 0 Å². The minimum absolute atomic E-state index is 0.485. The fraction of sp³-hybridized carbons (Fsp3) is 0.263. The fourth-order valence-corrected chi connectivity index (χ4v) is 4.00. The molecule has 0 unspecified atom stereocenters. The summed E-state index contributed by atoms with van der Waals surface area (Å²) in [6.07, 6.45) is 3.52. The third-order valence-corrected chi connectivity index (χ3v) is 6.06. The molecule has 0 amide bonds. The molecule has 0 saturated heterocycles. The second-order valence-electron chi connectivity index (χ2n) is 6.66. The van der Waals surface area contributed by atoms with Gasteiger partial charge in [0.15, 0.2) is 0 Å². The van der Waals surface area contributed by atoms with Gasteiger partial charge in [0.25, 0.3) is 5.89 Å². The van der Waals surface area contributed by atoms with E-state index in [-0.39, 0.29) is 0 Å². The summed E-state index contributed by atoms with van der Waals surface area (Å²) in [5.41, 5.74) is 4.66. The summed E-state index contributed by atoms with van der Waals surface area (Å²) in [4.78, 5) is 4.52. The zero-order chi connectivity index (χ0) is 16.7. The van der Waals surface area contributed by atoms with Crippen LogP contribution in [0.5, 0.6) is 0 Å². The van der Waals surface area contributed by atoms with Crippen LogP contribution in [0.4, 0.5) is 0 Å². The van der Waals surface area contributed by atoms with E-state index in [0.29, 0.717) is 11.7 Å². The van der Waals surface area contributed by atoms with Gasteiger partial charge in [-0.05, 0) is 61.9 Å². The van der Waals surface area contributed by atoms with Crippen LogP contribution in [-0.2, 0) is 17.4 Å². The second-order valence-corrected chi connectivity index (χ2v) is 9.88. The van der Waals surface area contributed by atoms with E-state index in [0.717, 1.165) is 29.3 Å². The summed E-state index contributed by atoms with van der Waals surface area (Å²) >= 11 is 0. The molecule has 5 heteroatoms. The first-order valence-corrected chi connectivity index (χ1v) is 10.7. The summed E-state index contributed by atoms with van der Waals surface area (Å²) in [6.45, 7) is 3.53. The normalized spacial score (nSPS) is 13.9. The standard InChI is InChI=1S/C19H19N2O2P/c1-24(2,22)17-10-8-14(9-11-17)19-20-18(21-23-19)16-7-6-13-4-3-5-15(13)12-16/h6-12H,3-5H2,1-2H3. The Morgan fingerprint density at radius 1 is 0.958 bits per heavy atom. The van der Waals surface area contributed by atoms with Crippen LogP contribution in [0.2, 0.25) is 0 Å². The van der Waals surface area contributed by atoms with Gasteiger partial charge >= 0.3 is 0 Å². The monoisotopic (exact) mass is 338 g/mol. The Balaban J connectivity index is 1.64. The predicted molar refractivity (Wildman–Crippen MR) is 96.3 cm³/mol. The van der Waals surface area contributed by atoms with Gasteiger partial charge in [0.2, 0.25) is 5.82 Å². The molecule has 1 aliphatic rings. The molecular formula is C19H19N2O2P. The van der Waals surface area contributed by atoms with E-state index in [1.807, 2.05) is 24.3 Å². The molecule has 0 saturated carbocycles. The first-order valence-electron chi connectivity index (χ1n) is 8.12. The molecule has 1 heterocycles. The van der Waals surface area contributed by atoms with Crippen LogP contribution in [0, 0.1) is 0 Å². The van der Waals surface area contributed by atoms with Crippen LogP contribution in [-0.4, -0.2) is 23.5 Å². The maximum Gasteiger partial charge on any atom is 0.258 e. The molecule has 1 aromatic heterocycles. The number of benzene rings is 2. The van der Waals surface area contributed by atoms with Crippen LogP contribution < -0.4 is 5.30 Å². The minimum Gasteiger partial charge on any atom is -0.334 e. The first-order chi connectivity index (χ1) is 11.5. The zero-order valence-corrected chi connectivity index (χ0v) is 14.7. The number of fused-ring (bicyclic) bond motifs is 1. The van der Waals surface area contributed by atoms with E-state index in [2.05, 4.69) is 28.3 Å². The number of nitrogens with zero attached hydrogens (tertiary/aromatic N) is 2. The van der Waals surface area contributed by atoms with Crippen molar-refractivity contribution in [2.75, 3.05) is 13.3 Å². The highest BCUT2D eigenvalue weighted by atomic mass is 31.2. The molecule has 4 nitrogen and oxygen atoms in total. The molecule has 0 N–H and O–H groups in total. The molecular weight excluding hydrogens is 319 g/mol. The van der Waals surface area contributed by atoms with Crippen molar-refractivity contribution in [3.05, 3.63) is 53.6 Å². The van der Waals surface area contributed by atoms with E-state index >= 15 is 0 Å². The Hall–Kier alpha value is -2.19. The predicted octanol–water partition coefficient (Wildman–Crippen LogP) is 4.14. The van der Waals surface area contributed by atoms with Gasteiger partial charge in [-0.15, -0.1) is 0 Å². The molecule has 0 aliphatic heterocycles. The Morgan fingerprint density at radius 3 is 2.42 bits per heavy atom. The lowest BCUT2D eigenvalue weighted by Crippen LogP contribution is -2.01. The van der Waals surface area contributed by atoms with Gasteiger partial charge < -0.3 is 9.09 Å². The quantitative estimate of drug-likeness (QED) is 0.674.